The smallest absolute Gasteiger partial charge is 0.225 e. The second kappa shape index (κ2) is 7.38. The molecule has 0 radical (unpaired) electrons. The Hall–Kier alpha value is -1.66. The zero-order chi connectivity index (χ0) is 15.2. The van der Waals surface area contributed by atoms with E-state index in [0.29, 0.717) is 24.6 Å². The van der Waals surface area contributed by atoms with Crippen LogP contribution in [0.4, 0.5) is 15.8 Å². The fraction of sp³-hybridized carbons (Fsp3) is 0.533. The van der Waals surface area contributed by atoms with E-state index in [1.165, 1.54) is 18.2 Å². The highest BCUT2D eigenvalue weighted by Crippen LogP contribution is 2.20. The molecule has 3 N–H and O–H groups in total. The summed E-state index contributed by atoms with van der Waals surface area (Å²) in [5.74, 6) is 0.0426. The summed E-state index contributed by atoms with van der Waals surface area (Å²) >= 11 is 0. The maximum Gasteiger partial charge on any atom is 0.225 e. The first-order chi connectivity index (χ1) is 10.1. The zero-order valence-corrected chi connectivity index (χ0v) is 12.3. The van der Waals surface area contributed by atoms with Crippen LogP contribution in [-0.2, 0) is 9.53 Å². The molecule has 1 heterocycles. The van der Waals surface area contributed by atoms with E-state index < -0.39 is 5.82 Å². The maximum atomic E-state index is 12.9. The third kappa shape index (κ3) is 4.68. The quantitative estimate of drug-likeness (QED) is 0.784. The van der Waals surface area contributed by atoms with Crippen LogP contribution in [0.15, 0.2) is 18.2 Å². The fourth-order valence-electron chi connectivity index (χ4n) is 2.61. The topological polar surface area (TPSA) is 67.6 Å². The Kier molecular flexibility index (Phi) is 5.52. The van der Waals surface area contributed by atoms with E-state index in [1.807, 2.05) is 0 Å². The first kappa shape index (κ1) is 15.7. The molecule has 1 unspecified atom stereocenters. The number of likely N-dealkylation sites (tertiary alicyclic amines) is 1. The summed E-state index contributed by atoms with van der Waals surface area (Å²) in [5.41, 5.74) is 6.36. The summed E-state index contributed by atoms with van der Waals surface area (Å²) in [5, 5.41) is 2.72. The highest BCUT2D eigenvalue weighted by molar-refractivity contribution is 5.93. The number of hydrogen-bond donors (Lipinski definition) is 2. The predicted molar refractivity (Wildman–Crippen MR) is 80.5 cm³/mol. The van der Waals surface area contributed by atoms with Crippen LogP contribution < -0.4 is 11.1 Å². The average Bonchev–Trinajstić information content (AvgIpc) is 2.88. The lowest BCUT2D eigenvalue weighted by Gasteiger charge is -2.15. The second-order valence-corrected chi connectivity index (χ2v) is 5.44. The number of rotatable bonds is 6. The largest absolute Gasteiger partial charge is 0.397 e. The van der Waals surface area contributed by atoms with Crippen LogP contribution in [0.1, 0.15) is 12.8 Å². The van der Waals surface area contributed by atoms with Crippen LogP contribution in [0.5, 0.6) is 0 Å². The number of hydrogen-bond acceptors (Lipinski definition) is 4. The minimum Gasteiger partial charge on any atom is -0.397 e. The first-order valence-electron chi connectivity index (χ1n) is 7.14. The first-order valence-corrected chi connectivity index (χ1v) is 7.14. The molecule has 21 heavy (non-hydrogen) atoms. The number of halogens is 1. The molecule has 0 aliphatic carbocycles. The lowest BCUT2D eigenvalue weighted by Crippen LogP contribution is -2.26. The normalized spacial score (nSPS) is 18.9. The number of carbonyl (C=O) groups excluding carboxylic acids is 1. The number of carbonyl (C=O) groups is 1. The molecule has 0 aromatic heterocycles. The van der Waals surface area contributed by atoms with Gasteiger partial charge in [-0.1, -0.05) is 0 Å². The molecule has 0 saturated carbocycles. The molecule has 0 bridgehead atoms. The van der Waals surface area contributed by atoms with Gasteiger partial charge in [0.05, 0.1) is 18.0 Å². The van der Waals surface area contributed by atoms with Crippen LogP contribution in [0, 0.1) is 11.7 Å². The Bertz CT molecular complexity index is 496. The Morgan fingerprint density at radius 3 is 3.10 bits per heavy atom. The van der Waals surface area contributed by atoms with Crippen LogP contribution in [0.3, 0.4) is 0 Å². The van der Waals surface area contributed by atoms with Gasteiger partial charge in [-0.05, 0) is 37.1 Å². The maximum absolute atomic E-state index is 12.9. The number of nitrogens with zero attached hydrogens (tertiary/aromatic N) is 1. The van der Waals surface area contributed by atoms with Crippen molar-refractivity contribution >= 4 is 17.3 Å². The molecule has 2 rings (SSSR count). The summed E-state index contributed by atoms with van der Waals surface area (Å²) in [6.45, 7) is 3.46. The number of amides is 1. The van der Waals surface area contributed by atoms with Crippen LogP contribution in [0.2, 0.25) is 0 Å². The summed E-state index contributed by atoms with van der Waals surface area (Å²) < 4.78 is 18.1. The van der Waals surface area contributed by atoms with Crippen LogP contribution in [-0.4, -0.2) is 44.2 Å². The Balaban J connectivity index is 1.75. The van der Waals surface area contributed by atoms with E-state index in [1.54, 1.807) is 7.11 Å². The van der Waals surface area contributed by atoms with E-state index in [0.717, 1.165) is 26.1 Å². The van der Waals surface area contributed by atoms with Crippen LogP contribution in [0.25, 0.3) is 0 Å². The van der Waals surface area contributed by atoms with Gasteiger partial charge < -0.3 is 20.7 Å². The SMILES string of the molecule is COCC1CCN(CCC(=O)Nc2ccc(F)cc2N)C1. The number of nitrogens with one attached hydrogen (secondary N) is 1. The third-order valence-electron chi connectivity index (χ3n) is 3.72. The predicted octanol–water partition coefficient (Wildman–Crippen LogP) is 1.70. The van der Waals surface area contributed by atoms with Gasteiger partial charge in [0, 0.05) is 26.6 Å². The minimum atomic E-state index is -0.410. The van der Waals surface area contributed by atoms with Crippen molar-refractivity contribution in [2.45, 2.75) is 12.8 Å². The van der Waals surface area contributed by atoms with Crippen LogP contribution >= 0.6 is 0 Å². The molecule has 1 aliphatic heterocycles. The second-order valence-electron chi connectivity index (χ2n) is 5.44. The highest BCUT2D eigenvalue weighted by atomic mass is 19.1. The summed E-state index contributed by atoms with van der Waals surface area (Å²) in [4.78, 5) is 14.2. The van der Waals surface area contributed by atoms with Gasteiger partial charge in [0.15, 0.2) is 0 Å². The number of nitrogen functional groups attached to an aromatic ring is 1. The van der Waals surface area contributed by atoms with Crippen molar-refractivity contribution in [1.82, 2.24) is 4.90 Å². The van der Waals surface area contributed by atoms with Gasteiger partial charge in [-0.15, -0.1) is 0 Å². The third-order valence-corrected chi connectivity index (χ3v) is 3.72. The van der Waals surface area contributed by atoms with Crippen molar-refractivity contribution < 1.29 is 13.9 Å². The number of ether oxygens (including phenoxy) is 1. The Labute approximate surface area is 124 Å². The van der Waals surface area contributed by atoms with Crippen molar-refractivity contribution in [1.29, 1.82) is 0 Å². The molecule has 1 aromatic carbocycles. The van der Waals surface area contributed by atoms with Crippen molar-refractivity contribution in [2.75, 3.05) is 44.4 Å². The lowest BCUT2D eigenvalue weighted by molar-refractivity contribution is -0.116. The van der Waals surface area contributed by atoms with E-state index in [9.17, 15) is 9.18 Å². The Morgan fingerprint density at radius 1 is 1.57 bits per heavy atom. The molecular formula is C15H22FN3O2. The number of anilines is 2. The average molecular weight is 295 g/mol. The van der Waals surface area contributed by atoms with Gasteiger partial charge in [0.1, 0.15) is 5.82 Å². The molecule has 1 saturated heterocycles. The number of methoxy groups -OCH3 is 1. The van der Waals surface area contributed by atoms with Gasteiger partial charge in [-0.3, -0.25) is 4.79 Å². The molecule has 116 valence electrons. The molecule has 1 amide bonds. The van der Waals surface area contributed by atoms with E-state index in [4.69, 9.17) is 10.5 Å². The number of nitrogens with two attached hydrogens (primary N) is 1. The molecule has 1 aromatic rings. The molecule has 6 heteroatoms. The van der Waals surface area contributed by atoms with Gasteiger partial charge in [-0.2, -0.15) is 0 Å². The molecule has 1 atom stereocenters. The van der Waals surface area contributed by atoms with E-state index in [-0.39, 0.29) is 11.6 Å². The number of benzene rings is 1. The van der Waals surface area contributed by atoms with Gasteiger partial charge in [0.25, 0.3) is 0 Å². The van der Waals surface area contributed by atoms with Crippen molar-refractivity contribution in [3.63, 3.8) is 0 Å². The van der Waals surface area contributed by atoms with Crippen molar-refractivity contribution in [2.24, 2.45) is 5.92 Å². The summed E-state index contributed by atoms with van der Waals surface area (Å²) in [6.07, 6.45) is 1.51. The molecule has 5 nitrogen and oxygen atoms in total. The summed E-state index contributed by atoms with van der Waals surface area (Å²) in [6, 6.07) is 3.96. The Morgan fingerprint density at radius 2 is 2.38 bits per heavy atom. The molecule has 1 fully saturated rings. The standard InChI is InChI=1S/C15H22FN3O2/c1-21-10-11-4-6-19(9-11)7-5-15(20)18-14-3-2-12(16)8-13(14)17/h2-3,8,11H,4-7,9-10,17H2,1H3,(H,18,20). The molecule has 0 spiro atoms. The van der Waals surface area contributed by atoms with Gasteiger partial charge in [-0.25, -0.2) is 4.39 Å². The zero-order valence-electron chi connectivity index (χ0n) is 12.3. The van der Waals surface area contributed by atoms with Gasteiger partial charge >= 0.3 is 0 Å². The summed E-state index contributed by atoms with van der Waals surface area (Å²) in [7, 11) is 1.71. The van der Waals surface area contributed by atoms with Crippen molar-refractivity contribution in [3.8, 4) is 0 Å². The van der Waals surface area contributed by atoms with E-state index >= 15 is 0 Å². The monoisotopic (exact) mass is 295 g/mol. The lowest BCUT2D eigenvalue weighted by atomic mass is 10.1. The fourth-order valence-corrected chi connectivity index (χ4v) is 2.61. The molecule has 1 aliphatic rings. The van der Waals surface area contributed by atoms with Gasteiger partial charge in [0.2, 0.25) is 5.91 Å². The highest BCUT2D eigenvalue weighted by Gasteiger charge is 2.22. The van der Waals surface area contributed by atoms with E-state index in [2.05, 4.69) is 10.2 Å². The van der Waals surface area contributed by atoms with Crippen molar-refractivity contribution in [3.05, 3.63) is 24.0 Å². The molecular weight excluding hydrogens is 273 g/mol. The minimum absolute atomic E-state index is 0.108.